The van der Waals surface area contributed by atoms with Crippen LogP contribution in [-0.4, -0.2) is 44.0 Å². The average molecular weight is 286 g/mol. The summed E-state index contributed by atoms with van der Waals surface area (Å²) in [6.07, 6.45) is 2.57. The van der Waals surface area contributed by atoms with Crippen molar-refractivity contribution in [1.82, 2.24) is 9.97 Å². The van der Waals surface area contributed by atoms with Gasteiger partial charge in [-0.2, -0.15) is 0 Å². The summed E-state index contributed by atoms with van der Waals surface area (Å²) >= 11 is 0. The number of nitrogens with zero attached hydrogens (tertiary/aromatic N) is 2. The lowest BCUT2D eigenvalue weighted by molar-refractivity contribution is 0.600. The molecule has 0 saturated carbocycles. The van der Waals surface area contributed by atoms with Crippen LogP contribution in [0.5, 0.6) is 0 Å². The van der Waals surface area contributed by atoms with Crippen LogP contribution in [0.15, 0.2) is 0 Å². The van der Waals surface area contributed by atoms with Crippen LogP contribution in [0.1, 0.15) is 24.7 Å². The summed E-state index contributed by atoms with van der Waals surface area (Å²) in [4.78, 5) is 8.80. The number of sulfone groups is 1. The molecule has 0 aromatic carbocycles. The van der Waals surface area contributed by atoms with Gasteiger partial charge >= 0.3 is 0 Å². The number of anilines is 2. The SMILES string of the molecule is CCc1nc(NC)c(C)c(NCCCS(C)(=O)=O)n1. The molecule has 0 aliphatic heterocycles. The third-order valence-corrected chi connectivity index (χ3v) is 3.76. The lowest BCUT2D eigenvalue weighted by atomic mass is 10.3. The standard InChI is InChI=1S/C12H22N4O2S/c1-5-10-15-11(13-3)9(2)12(16-10)14-7-6-8-19(4,17)18/h5-8H2,1-4H3,(H2,13,14,15,16). The van der Waals surface area contributed by atoms with Crippen LogP contribution in [0, 0.1) is 6.92 Å². The van der Waals surface area contributed by atoms with Crippen LogP contribution in [-0.2, 0) is 16.3 Å². The van der Waals surface area contributed by atoms with Gasteiger partial charge in [0.25, 0.3) is 0 Å². The maximum atomic E-state index is 11.0. The number of aromatic nitrogens is 2. The molecule has 0 saturated heterocycles. The van der Waals surface area contributed by atoms with E-state index >= 15 is 0 Å². The highest BCUT2D eigenvalue weighted by Gasteiger charge is 2.09. The molecule has 6 nitrogen and oxygen atoms in total. The highest BCUT2D eigenvalue weighted by atomic mass is 32.2. The molecule has 2 N–H and O–H groups in total. The summed E-state index contributed by atoms with van der Waals surface area (Å²) in [5.74, 6) is 2.52. The van der Waals surface area contributed by atoms with Crippen LogP contribution in [0.3, 0.4) is 0 Å². The van der Waals surface area contributed by atoms with E-state index in [1.165, 1.54) is 6.26 Å². The Labute approximate surface area is 115 Å². The van der Waals surface area contributed by atoms with E-state index in [-0.39, 0.29) is 5.75 Å². The van der Waals surface area contributed by atoms with Gasteiger partial charge in [0, 0.05) is 31.8 Å². The molecular formula is C12H22N4O2S. The van der Waals surface area contributed by atoms with E-state index < -0.39 is 9.84 Å². The van der Waals surface area contributed by atoms with E-state index in [1.54, 1.807) is 0 Å². The van der Waals surface area contributed by atoms with Crippen molar-refractivity contribution >= 4 is 21.5 Å². The molecule has 0 atom stereocenters. The summed E-state index contributed by atoms with van der Waals surface area (Å²) in [6.45, 7) is 4.51. The lowest BCUT2D eigenvalue weighted by Gasteiger charge is -2.13. The Kier molecular flexibility index (Phi) is 5.53. The van der Waals surface area contributed by atoms with Crippen molar-refractivity contribution in [3.05, 3.63) is 11.4 Å². The summed E-state index contributed by atoms with van der Waals surface area (Å²) < 4.78 is 22.1. The van der Waals surface area contributed by atoms with Crippen LogP contribution < -0.4 is 10.6 Å². The zero-order valence-electron chi connectivity index (χ0n) is 11.9. The first-order valence-electron chi connectivity index (χ1n) is 6.34. The minimum absolute atomic E-state index is 0.184. The molecule has 1 rings (SSSR count). The average Bonchev–Trinajstić information content (AvgIpc) is 2.35. The molecule has 0 fully saturated rings. The molecule has 0 aliphatic rings. The van der Waals surface area contributed by atoms with Gasteiger partial charge in [0.15, 0.2) is 0 Å². The topological polar surface area (TPSA) is 84.0 Å². The summed E-state index contributed by atoms with van der Waals surface area (Å²) in [5, 5.41) is 6.22. The molecule has 0 bridgehead atoms. The number of nitrogens with one attached hydrogen (secondary N) is 2. The Balaban J connectivity index is 2.72. The molecule has 1 aromatic heterocycles. The van der Waals surface area contributed by atoms with Gasteiger partial charge in [0.05, 0.1) is 5.75 Å². The van der Waals surface area contributed by atoms with Gasteiger partial charge in [-0.3, -0.25) is 0 Å². The van der Waals surface area contributed by atoms with E-state index in [9.17, 15) is 8.42 Å². The van der Waals surface area contributed by atoms with Crippen molar-refractivity contribution in [3.8, 4) is 0 Å². The van der Waals surface area contributed by atoms with Gasteiger partial charge in [0.2, 0.25) is 0 Å². The molecule has 7 heteroatoms. The fourth-order valence-corrected chi connectivity index (χ4v) is 2.35. The molecule has 1 aromatic rings. The molecule has 0 unspecified atom stereocenters. The van der Waals surface area contributed by atoms with Crippen molar-refractivity contribution in [2.45, 2.75) is 26.7 Å². The minimum Gasteiger partial charge on any atom is -0.373 e. The van der Waals surface area contributed by atoms with Crippen molar-refractivity contribution in [2.75, 3.05) is 36.2 Å². The fraction of sp³-hybridized carbons (Fsp3) is 0.667. The van der Waals surface area contributed by atoms with E-state index in [4.69, 9.17) is 0 Å². The van der Waals surface area contributed by atoms with Gasteiger partial charge in [-0.1, -0.05) is 6.92 Å². The Bertz CT molecular complexity index is 529. The predicted octanol–water partition coefficient (Wildman–Crippen LogP) is 1.24. The number of rotatable bonds is 7. The molecule has 108 valence electrons. The molecule has 0 spiro atoms. The van der Waals surface area contributed by atoms with Gasteiger partial charge in [-0.05, 0) is 13.3 Å². The van der Waals surface area contributed by atoms with Crippen LogP contribution in [0.25, 0.3) is 0 Å². The van der Waals surface area contributed by atoms with Gasteiger partial charge in [0.1, 0.15) is 27.3 Å². The third kappa shape index (κ3) is 5.02. The first-order valence-corrected chi connectivity index (χ1v) is 8.40. The quantitative estimate of drug-likeness (QED) is 0.734. The Morgan fingerprint density at radius 3 is 2.37 bits per heavy atom. The Hall–Kier alpha value is -1.37. The number of hydrogen-bond acceptors (Lipinski definition) is 6. The van der Waals surface area contributed by atoms with Crippen molar-refractivity contribution in [1.29, 1.82) is 0 Å². The Morgan fingerprint density at radius 2 is 1.84 bits per heavy atom. The second-order valence-electron chi connectivity index (χ2n) is 4.48. The van der Waals surface area contributed by atoms with E-state index in [0.717, 1.165) is 29.4 Å². The predicted molar refractivity (Wildman–Crippen MR) is 78.5 cm³/mol. The molecule has 0 aliphatic carbocycles. The second-order valence-corrected chi connectivity index (χ2v) is 6.74. The minimum atomic E-state index is -2.90. The summed E-state index contributed by atoms with van der Waals surface area (Å²) in [5.41, 5.74) is 0.944. The van der Waals surface area contributed by atoms with Crippen molar-refractivity contribution in [2.24, 2.45) is 0 Å². The van der Waals surface area contributed by atoms with Gasteiger partial charge in [-0.25, -0.2) is 18.4 Å². The molecule has 0 amide bonds. The largest absolute Gasteiger partial charge is 0.373 e. The van der Waals surface area contributed by atoms with Crippen LogP contribution >= 0.6 is 0 Å². The first kappa shape index (κ1) is 15.7. The number of hydrogen-bond donors (Lipinski definition) is 2. The maximum absolute atomic E-state index is 11.0. The Morgan fingerprint density at radius 1 is 1.21 bits per heavy atom. The normalized spacial score (nSPS) is 11.4. The molecular weight excluding hydrogens is 264 g/mol. The van der Waals surface area contributed by atoms with Crippen molar-refractivity contribution < 1.29 is 8.42 Å². The first-order chi connectivity index (χ1) is 8.87. The fourth-order valence-electron chi connectivity index (χ4n) is 1.68. The second kappa shape index (κ2) is 6.70. The third-order valence-electron chi connectivity index (χ3n) is 2.73. The molecule has 0 radical (unpaired) electrons. The van der Waals surface area contributed by atoms with E-state index in [2.05, 4.69) is 20.6 Å². The van der Waals surface area contributed by atoms with E-state index in [1.807, 2.05) is 20.9 Å². The van der Waals surface area contributed by atoms with Crippen LogP contribution in [0.4, 0.5) is 11.6 Å². The maximum Gasteiger partial charge on any atom is 0.147 e. The van der Waals surface area contributed by atoms with Gasteiger partial charge < -0.3 is 10.6 Å². The summed E-state index contributed by atoms with van der Waals surface area (Å²) in [6, 6.07) is 0. The lowest BCUT2D eigenvalue weighted by Crippen LogP contribution is -2.13. The molecule has 19 heavy (non-hydrogen) atoms. The van der Waals surface area contributed by atoms with E-state index in [0.29, 0.717) is 13.0 Å². The smallest absolute Gasteiger partial charge is 0.147 e. The zero-order valence-corrected chi connectivity index (χ0v) is 12.8. The number of aryl methyl sites for hydroxylation is 1. The highest BCUT2D eigenvalue weighted by molar-refractivity contribution is 7.90. The summed E-state index contributed by atoms with van der Waals surface area (Å²) in [7, 11) is -1.08. The monoisotopic (exact) mass is 286 g/mol. The molecule has 1 heterocycles. The van der Waals surface area contributed by atoms with Crippen LogP contribution in [0.2, 0.25) is 0 Å². The zero-order chi connectivity index (χ0) is 14.5. The van der Waals surface area contributed by atoms with Crippen molar-refractivity contribution in [3.63, 3.8) is 0 Å². The van der Waals surface area contributed by atoms with Gasteiger partial charge in [-0.15, -0.1) is 0 Å². The highest BCUT2D eigenvalue weighted by Crippen LogP contribution is 2.19.